The van der Waals surface area contributed by atoms with Crippen molar-refractivity contribution >= 4 is 12.0 Å². The van der Waals surface area contributed by atoms with E-state index in [-0.39, 0.29) is 0 Å². The average molecular weight is 154 g/mol. The van der Waals surface area contributed by atoms with E-state index in [0.29, 0.717) is 0 Å². The summed E-state index contributed by atoms with van der Waals surface area (Å²) >= 11 is 0.810. The van der Waals surface area contributed by atoms with Gasteiger partial charge in [0.1, 0.15) is 0 Å². The van der Waals surface area contributed by atoms with E-state index in [1.54, 1.807) is 0 Å². The summed E-state index contributed by atoms with van der Waals surface area (Å²) in [5.41, 5.74) is 2.38. The molecular formula is C8H10OS. The summed E-state index contributed by atoms with van der Waals surface area (Å²) in [6.07, 6.45) is 0. The lowest BCUT2D eigenvalue weighted by atomic mass is 10.1. The Hall–Kier alpha value is -0.470. The third-order valence-electron chi connectivity index (χ3n) is 1.65. The first-order valence-electron chi connectivity index (χ1n) is 3.13. The van der Waals surface area contributed by atoms with Crippen LogP contribution >= 0.6 is 12.0 Å². The maximum Gasteiger partial charge on any atom is 0.0382 e. The molecule has 0 amide bonds. The Morgan fingerprint density at radius 3 is 2.50 bits per heavy atom. The van der Waals surface area contributed by atoms with Gasteiger partial charge in [0.25, 0.3) is 0 Å². The van der Waals surface area contributed by atoms with Crippen LogP contribution in [0.15, 0.2) is 23.1 Å². The van der Waals surface area contributed by atoms with Crippen molar-refractivity contribution in [3.05, 3.63) is 29.3 Å². The maximum atomic E-state index is 8.76. The summed E-state index contributed by atoms with van der Waals surface area (Å²) in [7, 11) is 0. The third kappa shape index (κ3) is 1.33. The molecule has 54 valence electrons. The molecule has 0 saturated carbocycles. The predicted octanol–water partition coefficient (Wildman–Crippen LogP) is 2.87. The molecular weight excluding hydrogens is 144 g/mol. The van der Waals surface area contributed by atoms with Gasteiger partial charge in [0.2, 0.25) is 0 Å². The van der Waals surface area contributed by atoms with E-state index in [2.05, 4.69) is 0 Å². The van der Waals surface area contributed by atoms with Crippen LogP contribution in [0.3, 0.4) is 0 Å². The van der Waals surface area contributed by atoms with E-state index in [1.807, 2.05) is 32.0 Å². The fourth-order valence-electron chi connectivity index (χ4n) is 0.823. The topological polar surface area (TPSA) is 20.2 Å². The monoisotopic (exact) mass is 154 g/mol. The van der Waals surface area contributed by atoms with E-state index < -0.39 is 0 Å². The highest BCUT2D eigenvalue weighted by Crippen LogP contribution is 2.21. The van der Waals surface area contributed by atoms with Gasteiger partial charge in [-0.05, 0) is 31.0 Å². The molecule has 1 aromatic rings. The molecule has 0 aliphatic rings. The Morgan fingerprint density at radius 2 is 2.00 bits per heavy atom. The van der Waals surface area contributed by atoms with Crippen molar-refractivity contribution in [2.24, 2.45) is 0 Å². The molecule has 10 heavy (non-hydrogen) atoms. The van der Waals surface area contributed by atoms with E-state index in [1.165, 1.54) is 5.56 Å². The largest absolute Gasteiger partial charge is 0.325 e. The molecule has 1 aromatic carbocycles. The lowest BCUT2D eigenvalue weighted by Crippen LogP contribution is -1.82. The zero-order chi connectivity index (χ0) is 7.56. The smallest absolute Gasteiger partial charge is 0.0382 e. The number of aryl methyl sites for hydroxylation is 1. The van der Waals surface area contributed by atoms with Crippen LogP contribution in [0.4, 0.5) is 0 Å². The van der Waals surface area contributed by atoms with Crippen molar-refractivity contribution in [3.8, 4) is 0 Å². The zero-order valence-electron chi connectivity index (χ0n) is 6.09. The van der Waals surface area contributed by atoms with Crippen molar-refractivity contribution in [2.75, 3.05) is 0 Å². The molecule has 0 aliphatic heterocycles. The van der Waals surface area contributed by atoms with Crippen LogP contribution in [0.2, 0.25) is 0 Å². The molecule has 0 bridgehead atoms. The highest BCUT2D eigenvalue weighted by Gasteiger charge is 1.97. The van der Waals surface area contributed by atoms with Gasteiger partial charge in [-0.2, -0.15) is 0 Å². The Labute approximate surface area is 65.3 Å². The Balaban J connectivity index is 3.14. The fraction of sp³-hybridized carbons (Fsp3) is 0.250. The molecule has 1 N–H and O–H groups in total. The van der Waals surface area contributed by atoms with Gasteiger partial charge in [-0.1, -0.05) is 12.1 Å². The van der Waals surface area contributed by atoms with Crippen LogP contribution in [0, 0.1) is 13.8 Å². The summed E-state index contributed by atoms with van der Waals surface area (Å²) in [6.45, 7) is 4.04. The lowest BCUT2D eigenvalue weighted by molar-refractivity contribution is 0.663. The first-order valence-corrected chi connectivity index (χ1v) is 3.90. The molecule has 0 fully saturated rings. The van der Waals surface area contributed by atoms with Gasteiger partial charge >= 0.3 is 0 Å². The van der Waals surface area contributed by atoms with Crippen molar-refractivity contribution < 1.29 is 4.55 Å². The average Bonchev–Trinajstić information content (AvgIpc) is 1.95. The van der Waals surface area contributed by atoms with E-state index >= 15 is 0 Å². The minimum Gasteiger partial charge on any atom is -0.325 e. The molecule has 0 saturated heterocycles. The summed E-state index contributed by atoms with van der Waals surface area (Å²) in [5, 5.41) is 0. The second kappa shape index (κ2) is 3.08. The molecule has 1 nitrogen and oxygen atoms in total. The summed E-state index contributed by atoms with van der Waals surface area (Å²) < 4.78 is 8.76. The zero-order valence-corrected chi connectivity index (χ0v) is 6.90. The van der Waals surface area contributed by atoms with Gasteiger partial charge in [0, 0.05) is 16.9 Å². The Kier molecular flexibility index (Phi) is 2.35. The van der Waals surface area contributed by atoms with Crippen molar-refractivity contribution in [3.63, 3.8) is 0 Å². The van der Waals surface area contributed by atoms with Crippen LogP contribution in [0.1, 0.15) is 11.1 Å². The third-order valence-corrected chi connectivity index (χ3v) is 2.29. The van der Waals surface area contributed by atoms with Crippen molar-refractivity contribution in [1.29, 1.82) is 0 Å². The second-order valence-corrected chi connectivity index (χ2v) is 2.91. The van der Waals surface area contributed by atoms with Gasteiger partial charge in [-0.25, -0.2) is 0 Å². The first-order chi connectivity index (χ1) is 4.75. The van der Waals surface area contributed by atoms with Crippen LogP contribution in [0.5, 0.6) is 0 Å². The van der Waals surface area contributed by atoms with Gasteiger partial charge < -0.3 is 4.55 Å². The molecule has 0 radical (unpaired) electrons. The van der Waals surface area contributed by atoms with E-state index in [9.17, 15) is 0 Å². The maximum absolute atomic E-state index is 8.76. The summed E-state index contributed by atoms with van der Waals surface area (Å²) in [6, 6.07) is 5.89. The normalized spacial score (nSPS) is 9.90. The SMILES string of the molecule is Cc1cccc(SO)c1C. The number of hydrogen-bond donors (Lipinski definition) is 1. The summed E-state index contributed by atoms with van der Waals surface area (Å²) in [4.78, 5) is 0.944. The minimum atomic E-state index is 0.810. The molecule has 0 atom stereocenters. The van der Waals surface area contributed by atoms with Gasteiger partial charge in [0.15, 0.2) is 0 Å². The predicted molar refractivity (Wildman–Crippen MR) is 44.4 cm³/mol. The number of hydrogen-bond acceptors (Lipinski definition) is 2. The fourth-order valence-corrected chi connectivity index (χ4v) is 1.26. The first kappa shape index (κ1) is 7.63. The molecule has 0 heterocycles. The highest BCUT2D eigenvalue weighted by molar-refractivity contribution is 7.93. The van der Waals surface area contributed by atoms with Crippen molar-refractivity contribution in [2.45, 2.75) is 18.7 Å². The second-order valence-electron chi connectivity index (χ2n) is 2.29. The van der Waals surface area contributed by atoms with Crippen LogP contribution in [0.25, 0.3) is 0 Å². The molecule has 0 aromatic heterocycles. The van der Waals surface area contributed by atoms with Gasteiger partial charge in [0.05, 0.1) is 0 Å². The molecule has 2 heteroatoms. The molecule has 1 rings (SSSR count). The number of benzene rings is 1. The van der Waals surface area contributed by atoms with Crippen LogP contribution in [-0.4, -0.2) is 4.55 Å². The van der Waals surface area contributed by atoms with Crippen LogP contribution in [-0.2, 0) is 0 Å². The molecule has 0 spiro atoms. The van der Waals surface area contributed by atoms with E-state index in [4.69, 9.17) is 4.55 Å². The quantitative estimate of drug-likeness (QED) is 0.628. The van der Waals surface area contributed by atoms with Gasteiger partial charge in [-0.3, -0.25) is 0 Å². The Bertz CT molecular complexity index is 233. The van der Waals surface area contributed by atoms with E-state index in [0.717, 1.165) is 22.5 Å². The lowest BCUT2D eigenvalue weighted by Gasteiger charge is -2.02. The summed E-state index contributed by atoms with van der Waals surface area (Å²) in [5.74, 6) is 0. The number of rotatable bonds is 1. The van der Waals surface area contributed by atoms with Crippen molar-refractivity contribution in [1.82, 2.24) is 0 Å². The molecule has 0 unspecified atom stereocenters. The van der Waals surface area contributed by atoms with Crippen LogP contribution < -0.4 is 0 Å². The standard InChI is InChI=1S/C8H10OS/c1-6-4-3-5-8(10-9)7(6)2/h3-5,9H,1-2H3. The minimum absolute atomic E-state index is 0.810. The molecule has 0 aliphatic carbocycles. The highest BCUT2D eigenvalue weighted by atomic mass is 32.2. The van der Waals surface area contributed by atoms with Gasteiger partial charge in [-0.15, -0.1) is 0 Å². The Morgan fingerprint density at radius 1 is 1.30 bits per heavy atom.